The molecule has 0 fully saturated rings. The van der Waals surface area contributed by atoms with Gasteiger partial charge in [0.15, 0.2) is 0 Å². The second-order valence-corrected chi connectivity index (χ2v) is 4.00. The number of nitrogens with zero attached hydrogens (tertiary/aromatic N) is 1. The summed E-state index contributed by atoms with van der Waals surface area (Å²) in [6, 6.07) is 5.76. The van der Waals surface area contributed by atoms with Crippen molar-refractivity contribution in [2.24, 2.45) is 0 Å². The Balaban J connectivity index is 1.82. The quantitative estimate of drug-likeness (QED) is 0.836. The van der Waals surface area contributed by atoms with E-state index in [1.54, 1.807) is 12.4 Å². The lowest BCUT2D eigenvalue weighted by Crippen LogP contribution is -2.24. The summed E-state index contributed by atoms with van der Waals surface area (Å²) in [4.78, 5) is 18.6. The van der Waals surface area contributed by atoms with Gasteiger partial charge in [-0.2, -0.15) is 0 Å². The summed E-state index contributed by atoms with van der Waals surface area (Å²) in [7, 11) is 0. The van der Waals surface area contributed by atoms with Crippen LogP contribution in [0.5, 0.6) is 0 Å². The molecule has 0 aliphatic carbocycles. The molecule has 0 aromatic carbocycles. The van der Waals surface area contributed by atoms with Crippen molar-refractivity contribution < 1.29 is 4.79 Å². The summed E-state index contributed by atoms with van der Waals surface area (Å²) in [6.07, 6.45) is 5.71. The largest absolute Gasteiger partial charge is 0.365 e. The number of aryl methyl sites for hydroxylation is 1. The van der Waals surface area contributed by atoms with Crippen LogP contribution < -0.4 is 5.32 Å². The van der Waals surface area contributed by atoms with E-state index in [1.165, 1.54) is 0 Å². The van der Waals surface area contributed by atoms with Gasteiger partial charge in [0.1, 0.15) is 0 Å². The molecule has 0 spiro atoms. The maximum Gasteiger partial charge on any atom is 0.224 e. The number of H-pyrrole nitrogens is 1. The van der Waals surface area contributed by atoms with Crippen LogP contribution in [0.25, 0.3) is 0 Å². The Morgan fingerprint density at radius 1 is 1.35 bits per heavy atom. The minimum Gasteiger partial charge on any atom is -0.365 e. The molecule has 0 atom stereocenters. The predicted molar refractivity (Wildman–Crippen MR) is 65.3 cm³/mol. The van der Waals surface area contributed by atoms with Crippen molar-refractivity contribution in [1.82, 2.24) is 15.3 Å². The lowest BCUT2D eigenvalue weighted by molar-refractivity contribution is -0.120. The Bertz CT molecular complexity index is 490. The Hall–Kier alpha value is -2.10. The van der Waals surface area contributed by atoms with Crippen molar-refractivity contribution in [2.75, 3.05) is 0 Å². The number of carbonyl (C=O) groups is 1. The number of carbonyl (C=O) groups excluding carboxylic acids is 1. The molecule has 2 heterocycles. The lowest BCUT2D eigenvalue weighted by Gasteiger charge is -2.03. The average molecular weight is 229 g/mol. The molecular weight excluding hydrogens is 214 g/mol. The van der Waals surface area contributed by atoms with Gasteiger partial charge in [0.05, 0.1) is 6.42 Å². The molecule has 2 rings (SSSR count). The molecule has 4 heteroatoms. The fourth-order valence-corrected chi connectivity index (χ4v) is 1.62. The van der Waals surface area contributed by atoms with Gasteiger partial charge in [0.25, 0.3) is 0 Å². The Labute approximate surface area is 100 Å². The van der Waals surface area contributed by atoms with Gasteiger partial charge in [-0.25, -0.2) is 0 Å². The molecule has 0 aliphatic rings. The molecule has 2 aromatic rings. The number of hydrogen-bond acceptors (Lipinski definition) is 2. The van der Waals surface area contributed by atoms with E-state index in [0.717, 1.165) is 16.8 Å². The molecule has 4 nitrogen and oxygen atoms in total. The number of rotatable bonds is 4. The van der Waals surface area contributed by atoms with Crippen LogP contribution in [-0.2, 0) is 17.8 Å². The second-order valence-electron chi connectivity index (χ2n) is 4.00. The van der Waals surface area contributed by atoms with E-state index in [4.69, 9.17) is 0 Å². The lowest BCUT2D eigenvalue weighted by atomic mass is 10.2. The summed E-state index contributed by atoms with van der Waals surface area (Å²) < 4.78 is 0. The monoisotopic (exact) mass is 229 g/mol. The number of amides is 1. The van der Waals surface area contributed by atoms with Gasteiger partial charge in [-0.05, 0) is 36.2 Å². The highest BCUT2D eigenvalue weighted by Gasteiger charge is 2.04. The van der Waals surface area contributed by atoms with Crippen LogP contribution in [0.15, 0.2) is 36.8 Å². The Kier molecular flexibility index (Phi) is 3.55. The summed E-state index contributed by atoms with van der Waals surface area (Å²) >= 11 is 0. The van der Waals surface area contributed by atoms with Gasteiger partial charge in [-0.15, -0.1) is 0 Å². The first-order valence-electron chi connectivity index (χ1n) is 5.53. The molecule has 17 heavy (non-hydrogen) atoms. The third kappa shape index (κ3) is 3.45. The molecule has 2 aromatic heterocycles. The van der Waals surface area contributed by atoms with Crippen LogP contribution >= 0.6 is 0 Å². The molecular formula is C13H15N3O. The van der Waals surface area contributed by atoms with Gasteiger partial charge in [-0.1, -0.05) is 0 Å². The summed E-state index contributed by atoms with van der Waals surface area (Å²) in [5.41, 5.74) is 3.13. The molecule has 0 saturated carbocycles. The molecule has 1 amide bonds. The maximum atomic E-state index is 11.7. The number of nitrogens with one attached hydrogen (secondary N) is 2. The van der Waals surface area contributed by atoms with Crippen molar-refractivity contribution in [2.45, 2.75) is 19.9 Å². The van der Waals surface area contributed by atoms with Crippen molar-refractivity contribution in [3.05, 3.63) is 53.6 Å². The highest BCUT2D eigenvalue weighted by molar-refractivity contribution is 5.78. The fraction of sp³-hybridized carbons (Fsp3) is 0.231. The molecule has 0 saturated heterocycles. The number of pyridine rings is 1. The molecule has 88 valence electrons. The van der Waals surface area contributed by atoms with Crippen LogP contribution in [0.1, 0.15) is 16.8 Å². The van der Waals surface area contributed by atoms with Gasteiger partial charge >= 0.3 is 0 Å². The van der Waals surface area contributed by atoms with E-state index >= 15 is 0 Å². The Morgan fingerprint density at radius 3 is 2.76 bits per heavy atom. The number of aromatic nitrogens is 2. The average Bonchev–Trinajstić information content (AvgIpc) is 2.73. The first-order chi connectivity index (χ1) is 8.24. The predicted octanol–water partition coefficient (Wildman–Crippen LogP) is 1.58. The van der Waals surface area contributed by atoms with E-state index < -0.39 is 0 Å². The first kappa shape index (κ1) is 11.4. The van der Waals surface area contributed by atoms with E-state index in [9.17, 15) is 4.79 Å². The third-order valence-electron chi connectivity index (χ3n) is 2.49. The second kappa shape index (κ2) is 5.30. The van der Waals surface area contributed by atoms with Crippen LogP contribution in [0, 0.1) is 6.92 Å². The van der Waals surface area contributed by atoms with E-state index in [1.807, 2.05) is 31.3 Å². The fourth-order valence-electron chi connectivity index (χ4n) is 1.62. The Morgan fingerprint density at radius 2 is 2.12 bits per heavy atom. The number of aromatic amines is 1. The van der Waals surface area contributed by atoms with Gasteiger partial charge < -0.3 is 10.3 Å². The topological polar surface area (TPSA) is 57.8 Å². The molecule has 0 bridgehead atoms. The van der Waals surface area contributed by atoms with Crippen LogP contribution in [0.4, 0.5) is 0 Å². The zero-order chi connectivity index (χ0) is 12.1. The summed E-state index contributed by atoms with van der Waals surface area (Å²) in [6.45, 7) is 2.52. The van der Waals surface area contributed by atoms with E-state index in [2.05, 4.69) is 15.3 Å². The molecule has 0 aliphatic heterocycles. The normalized spacial score (nSPS) is 10.2. The minimum absolute atomic E-state index is 0.0285. The third-order valence-corrected chi connectivity index (χ3v) is 2.49. The summed E-state index contributed by atoms with van der Waals surface area (Å²) in [5, 5.41) is 2.88. The highest BCUT2D eigenvalue weighted by Crippen LogP contribution is 2.03. The van der Waals surface area contributed by atoms with Gasteiger partial charge in [0.2, 0.25) is 5.91 Å². The maximum absolute atomic E-state index is 11.7. The molecule has 0 radical (unpaired) electrons. The zero-order valence-electron chi connectivity index (χ0n) is 9.73. The SMILES string of the molecule is Cc1cc(CC(=O)NCc2ccncc2)c[nH]1. The first-order valence-corrected chi connectivity index (χ1v) is 5.53. The van der Waals surface area contributed by atoms with Gasteiger partial charge in [-0.3, -0.25) is 9.78 Å². The van der Waals surface area contributed by atoms with Crippen LogP contribution in [0.2, 0.25) is 0 Å². The van der Waals surface area contributed by atoms with Crippen LogP contribution in [0.3, 0.4) is 0 Å². The number of hydrogen-bond donors (Lipinski definition) is 2. The molecule has 2 N–H and O–H groups in total. The van der Waals surface area contributed by atoms with E-state index in [-0.39, 0.29) is 5.91 Å². The van der Waals surface area contributed by atoms with Crippen molar-refractivity contribution in [1.29, 1.82) is 0 Å². The van der Waals surface area contributed by atoms with Crippen molar-refractivity contribution in [3.63, 3.8) is 0 Å². The van der Waals surface area contributed by atoms with Crippen molar-refractivity contribution >= 4 is 5.91 Å². The van der Waals surface area contributed by atoms with Crippen LogP contribution in [-0.4, -0.2) is 15.9 Å². The molecule has 0 unspecified atom stereocenters. The minimum atomic E-state index is 0.0285. The van der Waals surface area contributed by atoms with Gasteiger partial charge in [0, 0.05) is 30.8 Å². The highest BCUT2D eigenvalue weighted by atomic mass is 16.1. The smallest absolute Gasteiger partial charge is 0.224 e. The van der Waals surface area contributed by atoms with Crippen molar-refractivity contribution in [3.8, 4) is 0 Å². The zero-order valence-corrected chi connectivity index (χ0v) is 9.73. The van der Waals surface area contributed by atoms with E-state index in [0.29, 0.717) is 13.0 Å². The standard InChI is InChI=1S/C13H15N3O/c1-10-6-12(9-15-10)7-13(17)16-8-11-2-4-14-5-3-11/h2-6,9,15H,7-8H2,1H3,(H,16,17). The summed E-state index contributed by atoms with van der Waals surface area (Å²) in [5.74, 6) is 0.0285.